The second kappa shape index (κ2) is 5.22. The third kappa shape index (κ3) is 2.73. The number of rotatable bonds is 4. The Hall–Kier alpha value is -1.57. The van der Waals surface area contributed by atoms with Crippen LogP contribution in [0.4, 0.5) is 0 Å². The molecular formula is C12H14O2. The number of carbonyl (C=O) groups excluding carboxylic acids is 1. The molecule has 14 heavy (non-hydrogen) atoms. The molecule has 0 heterocycles. The van der Waals surface area contributed by atoms with Gasteiger partial charge in [0.25, 0.3) is 0 Å². The molecule has 0 aliphatic heterocycles. The molecule has 1 rings (SSSR count). The van der Waals surface area contributed by atoms with Gasteiger partial charge in [-0.2, -0.15) is 0 Å². The number of ether oxygens (including phenoxy) is 1. The minimum absolute atomic E-state index is 0.0944. The summed E-state index contributed by atoms with van der Waals surface area (Å²) in [5, 5.41) is 0. The summed E-state index contributed by atoms with van der Waals surface area (Å²) in [7, 11) is 1.61. The van der Waals surface area contributed by atoms with E-state index in [-0.39, 0.29) is 5.78 Å². The lowest BCUT2D eigenvalue weighted by Crippen LogP contribution is -2.00. The van der Waals surface area contributed by atoms with Crippen LogP contribution in [-0.2, 0) is 11.2 Å². The van der Waals surface area contributed by atoms with Gasteiger partial charge in [-0.15, -0.1) is 0 Å². The fourth-order valence-corrected chi connectivity index (χ4v) is 1.28. The third-order valence-electron chi connectivity index (χ3n) is 1.91. The first kappa shape index (κ1) is 10.5. The van der Waals surface area contributed by atoms with Crippen LogP contribution < -0.4 is 4.74 Å². The van der Waals surface area contributed by atoms with Gasteiger partial charge in [0.1, 0.15) is 5.75 Å². The molecule has 0 aliphatic carbocycles. The van der Waals surface area contributed by atoms with Gasteiger partial charge in [0, 0.05) is 12.0 Å². The highest BCUT2D eigenvalue weighted by Crippen LogP contribution is 2.17. The van der Waals surface area contributed by atoms with Gasteiger partial charge in [-0.25, -0.2) is 0 Å². The Morgan fingerprint density at radius 2 is 2.14 bits per heavy atom. The average molecular weight is 190 g/mol. The number of hydrogen-bond acceptors (Lipinski definition) is 2. The fourth-order valence-electron chi connectivity index (χ4n) is 1.28. The summed E-state index contributed by atoms with van der Waals surface area (Å²) in [5.41, 5.74) is 0.929. The Bertz CT molecular complexity index is 340. The van der Waals surface area contributed by atoms with Crippen LogP contribution in [0, 0.1) is 0 Å². The van der Waals surface area contributed by atoms with Crippen LogP contribution in [0.15, 0.2) is 36.4 Å². The molecule has 0 aliphatic rings. The van der Waals surface area contributed by atoms with Crippen molar-refractivity contribution in [3.8, 4) is 5.75 Å². The smallest absolute Gasteiger partial charge is 0.159 e. The predicted octanol–water partition coefficient (Wildman–Crippen LogP) is 2.38. The maximum absolute atomic E-state index is 11.3. The van der Waals surface area contributed by atoms with E-state index < -0.39 is 0 Å². The molecule has 0 aromatic heterocycles. The molecule has 0 radical (unpaired) electrons. The number of methoxy groups -OCH3 is 1. The van der Waals surface area contributed by atoms with Crippen LogP contribution in [0.5, 0.6) is 5.75 Å². The van der Waals surface area contributed by atoms with E-state index in [9.17, 15) is 4.79 Å². The predicted molar refractivity (Wildman–Crippen MR) is 56.5 cm³/mol. The van der Waals surface area contributed by atoms with Crippen molar-refractivity contribution in [2.75, 3.05) is 7.11 Å². The maximum atomic E-state index is 11.3. The zero-order valence-corrected chi connectivity index (χ0v) is 8.49. The second-order valence-electron chi connectivity index (χ2n) is 2.95. The Kier molecular flexibility index (Phi) is 3.92. The number of allylic oxidation sites excluding steroid dienone is 2. The molecule has 0 spiro atoms. The SMILES string of the molecule is C/C=C/C(=O)Cc1ccccc1OC. The van der Waals surface area contributed by atoms with Crippen molar-refractivity contribution >= 4 is 5.78 Å². The van der Waals surface area contributed by atoms with Crippen molar-refractivity contribution in [2.24, 2.45) is 0 Å². The second-order valence-corrected chi connectivity index (χ2v) is 2.95. The van der Waals surface area contributed by atoms with Gasteiger partial charge in [0.15, 0.2) is 5.78 Å². The first-order chi connectivity index (χ1) is 6.77. The molecule has 0 fully saturated rings. The van der Waals surface area contributed by atoms with E-state index in [1.807, 2.05) is 31.2 Å². The van der Waals surface area contributed by atoms with Gasteiger partial charge in [-0.1, -0.05) is 24.3 Å². The summed E-state index contributed by atoms with van der Waals surface area (Å²) in [6, 6.07) is 7.56. The highest BCUT2D eigenvalue weighted by atomic mass is 16.5. The molecular weight excluding hydrogens is 176 g/mol. The lowest BCUT2D eigenvalue weighted by atomic mass is 10.1. The summed E-state index contributed by atoms with van der Waals surface area (Å²) in [4.78, 5) is 11.3. The summed E-state index contributed by atoms with van der Waals surface area (Å²) in [6.07, 6.45) is 3.72. The topological polar surface area (TPSA) is 26.3 Å². The van der Waals surface area contributed by atoms with Gasteiger partial charge in [-0.05, 0) is 19.1 Å². The number of ketones is 1. The van der Waals surface area contributed by atoms with E-state index in [1.54, 1.807) is 19.3 Å². The van der Waals surface area contributed by atoms with Crippen molar-refractivity contribution < 1.29 is 9.53 Å². The van der Waals surface area contributed by atoms with Gasteiger partial charge < -0.3 is 4.74 Å². The summed E-state index contributed by atoms with van der Waals surface area (Å²) < 4.78 is 5.15. The highest BCUT2D eigenvalue weighted by molar-refractivity contribution is 5.91. The lowest BCUT2D eigenvalue weighted by Gasteiger charge is -2.05. The molecule has 0 amide bonds. The molecule has 74 valence electrons. The first-order valence-corrected chi connectivity index (χ1v) is 4.55. The van der Waals surface area contributed by atoms with E-state index in [4.69, 9.17) is 4.74 Å². The molecule has 0 saturated heterocycles. The van der Waals surface area contributed by atoms with Crippen LogP contribution in [0.2, 0.25) is 0 Å². The first-order valence-electron chi connectivity index (χ1n) is 4.55. The maximum Gasteiger partial charge on any atom is 0.159 e. The molecule has 2 nitrogen and oxygen atoms in total. The summed E-state index contributed by atoms with van der Waals surface area (Å²) >= 11 is 0. The minimum atomic E-state index is 0.0944. The Balaban J connectivity index is 2.80. The van der Waals surface area contributed by atoms with Crippen LogP contribution in [-0.4, -0.2) is 12.9 Å². The standard InChI is InChI=1S/C12H14O2/c1-3-6-11(13)9-10-7-4-5-8-12(10)14-2/h3-8H,9H2,1-2H3/b6-3+. The van der Waals surface area contributed by atoms with Gasteiger partial charge in [0.05, 0.1) is 7.11 Å². The molecule has 1 aromatic carbocycles. The number of hydrogen-bond donors (Lipinski definition) is 0. The minimum Gasteiger partial charge on any atom is -0.496 e. The van der Waals surface area contributed by atoms with Crippen molar-refractivity contribution in [2.45, 2.75) is 13.3 Å². The van der Waals surface area contributed by atoms with Crippen molar-refractivity contribution in [1.29, 1.82) is 0 Å². The average Bonchev–Trinajstić information content (AvgIpc) is 2.19. The van der Waals surface area contributed by atoms with Crippen molar-refractivity contribution in [3.63, 3.8) is 0 Å². The normalized spacial score (nSPS) is 10.4. The Morgan fingerprint density at radius 3 is 2.79 bits per heavy atom. The summed E-state index contributed by atoms with van der Waals surface area (Å²) in [5.74, 6) is 0.863. The molecule has 0 saturated carbocycles. The highest BCUT2D eigenvalue weighted by Gasteiger charge is 2.04. The Morgan fingerprint density at radius 1 is 1.43 bits per heavy atom. The molecule has 0 N–H and O–H groups in total. The lowest BCUT2D eigenvalue weighted by molar-refractivity contribution is -0.114. The van der Waals surface area contributed by atoms with E-state index in [1.165, 1.54) is 0 Å². The zero-order valence-electron chi connectivity index (χ0n) is 8.49. The zero-order chi connectivity index (χ0) is 10.4. The molecule has 1 aromatic rings. The summed E-state index contributed by atoms with van der Waals surface area (Å²) in [6.45, 7) is 1.83. The monoisotopic (exact) mass is 190 g/mol. The van der Waals surface area contributed by atoms with Crippen molar-refractivity contribution in [3.05, 3.63) is 42.0 Å². The van der Waals surface area contributed by atoms with Gasteiger partial charge in [-0.3, -0.25) is 4.79 Å². The fraction of sp³-hybridized carbons (Fsp3) is 0.250. The van der Waals surface area contributed by atoms with Gasteiger partial charge >= 0.3 is 0 Å². The van der Waals surface area contributed by atoms with Crippen LogP contribution >= 0.6 is 0 Å². The number of para-hydroxylation sites is 1. The van der Waals surface area contributed by atoms with E-state index in [2.05, 4.69) is 0 Å². The Labute approximate surface area is 84.2 Å². The molecule has 0 atom stereocenters. The quantitative estimate of drug-likeness (QED) is 0.681. The number of carbonyl (C=O) groups is 1. The molecule has 0 bridgehead atoms. The number of benzene rings is 1. The van der Waals surface area contributed by atoms with E-state index >= 15 is 0 Å². The van der Waals surface area contributed by atoms with Gasteiger partial charge in [0.2, 0.25) is 0 Å². The van der Waals surface area contributed by atoms with E-state index in [0.29, 0.717) is 6.42 Å². The van der Waals surface area contributed by atoms with Crippen LogP contribution in [0.1, 0.15) is 12.5 Å². The van der Waals surface area contributed by atoms with Crippen molar-refractivity contribution in [1.82, 2.24) is 0 Å². The van der Waals surface area contributed by atoms with Crippen LogP contribution in [0.25, 0.3) is 0 Å². The van der Waals surface area contributed by atoms with E-state index in [0.717, 1.165) is 11.3 Å². The van der Waals surface area contributed by atoms with Crippen LogP contribution in [0.3, 0.4) is 0 Å². The molecule has 0 unspecified atom stereocenters. The largest absolute Gasteiger partial charge is 0.496 e. The molecule has 2 heteroatoms. The third-order valence-corrected chi connectivity index (χ3v) is 1.91.